The van der Waals surface area contributed by atoms with Crippen molar-refractivity contribution in [1.82, 2.24) is 15.2 Å². The van der Waals surface area contributed by atoms with Crippen molar-refractivity contribution in [1.29, 1.82) is 0 Å². The molecule has 1 amide bonds. The summed E-state index contributed by atoms with van der Waals surface area (Å²) in [6, 6.07) is 0.0183. The van der Waals surface area contributed by atoms with Crippen molar-refractivity contribution < 1.29 is 4.79 Å². The number of likely N-dealkylation sites (N-methyl/N-ethyl adjacent to an activating group) is 1. The molecular weight excluding hydrogens is 222 g/mol. The highest BCUT2D eigenvalue weighted by molar-refractivity contribution is 7.09. The lowest BCUT2D eigenvalue weighted by Gasteiger charge is -2.20. The van der Waals surface area contributed by atoms with Gasteiger partial charge in [0.15, 0.2) is 0 Å². The second-order valence-corrected chi connectivity index (χ2v) is 5.26. The molecule has 0 saturated carbocycles. The molecule has 4 nitrogen and oxygen atoms in total. The molecule has 1 aliphatic rings. The molecule has 16 heavy (non-hydrogen) atoms. The average Bonchev–Trinajstić information content (AvgIpc) is 2.88. The van der Waals surface area contributed by atoms with Crippen LogP contribution in [0.4, 0.5) is 0 Å². The van der Waals surface area contributed by atoms with Crippen molar-refractivity contribution in [3.05, 3.63) is 16.1 Å². The Bertz CT molecular complexity index is 371. The van der Waals surface area contributed by atoms with Gasteiger partial charge in [0.25, 0.3) is 0 Å². The van der Waals surface area contributed by atoms with Gasteiger partial charge >= 0.3 is 0 Å². The molecule has 1 aromatic rings. The van der Waals surface area contributed by atoms with Gasteiger partial charge in [0, 0.05) is 12.4 Å². The van der Waals surface area contributed by atoms with Gasteiger partial charge in [0.05, 0.1) is 23.3 Å². The maximum atomic E-state index is 12.0. The lowest BCUT2D eigenvalue weighted by molar-refractivity contribution is -0.132. The predicted molar refractivity (Wildman–Crippen MR) is 64.3 cm³/mol. The van der Waals surface area contributed by atoms with Crippen LogP contribution < -0.4 is 5.32 Å². The second kappa shape index (κ2) is 4.93. The highest BCUT2D eigenvalue weighted by Gasteiger charge is 2.25. The fraction of sp³-hybridized carbons (Fsp3) is 0.636. The Morgan fingerprint density at radius 3 is 3.12 bits per heavy atom. The summed E-state index contributed by atoms with van der Waals surface area (Å²) >= 11 is 1.63. The minimum atomic E-state index is 0.0183. The summed E-state index contributed by atoms with van der Waals surface area (Å²) in [7, 11) is 1.84. The van der Waals surface area contributed by atoms with E-state index in [1.165, 1.54) is 0 Å². The number of amides is 1. The van der Waals surface area contributed by atoms with Gasteiger partial charge in [-0.25, -0.2) is 4.98 Å². The van der Waals surface area contributed by atoms with Crippen LogP contribution in [0.3, 0.4) is 0 Å². The Balaban J connectivity index is 1.91. The van der Waals surface area contributed by atoms with Crippen molar-refractivity contribution >= 4 is 17.2 Å². The van der Waals surface area contributed by atoms with E-state index in [9.17, 15) is 4.79 Å². The number of thiazole rings is 1. The fourth-order valence-electron chi connectivity index (χ4n) is 1.96. The Hall–Kier alpha value is -0.940. The summed E-state index contributed by atoms with van der Waals surface area (Å²) in [6.45, 7) is 3.55. The van der Waals surface area contributed by atoms with Crippen molar-refractivity contribution in [2.45, 2.75) is 32.4 Å². The van der Waals surface area contributed by atoms with E-state index < -0.39 is 0 Å². The van der Waals surface area contributed by atoms with Crippen LogP contribution in [-0.2, 0) is 11.3 Å². The van der Waals surface area contributed by atoms with E-state index in [-0.39, 0.29) is 11.9 Å². The van der Waals surface area contributed by atoms with E-state index in [1.54, 1.807) is 16.2 Å². The molecule has 1 N–H and O–H groups in total. The topological polar surface area (TPSA) is 45.2 Å². The van der Waals surface area contributed by atoms with Gasteiger partial charge in [0.2, 0.25) is 5.91 Å². The lowest BCUT2D eigenvalue weighted by Crippen LogP contribution is -2.41. The monoisotopic (exact) mass is 239 g/mol. The molecular formula is C11H17N3OS. The lowest BCUT2D eigenvalue weighted by atomic mass is 10.2. The summed E-state index contributed by atoms with van der Waals surface area (Å²) in [5, 5.41) is 6.29. The molecule has 0 spiro atoms. The maximum absolute atomic E-state index is 12.0. The molecule has 1 aliphatic heterocycles. The van der Waals surface area contributed by atoms with Crippen LogP contribution in [0.1, 0.15) is 23.5 Å². The number of aromatic nitrogens is 1. The summed E-state index contributed by atoms with van der Waals surface area (Å²) in [4.78, 5) is 18.1. The van der Waals surface area contributed by atoms with E-state index in [0.717, 1.165) is 30.1 Å². The molecule has 0 bridgehead atoms. The van der Waals surface area contributed by atoms with Crippen molar-refractivity contribution in [3.63, 3.8) is 0 Å². The quantitative estimate of drug-likeness (QED) is 0.861. The van der Waals surface area contributed by atoms with Crippen LogP contribution in [0, 0.1) is 6.92 Å². The highest BCUT2D eigenvalue weighted by Crippen LogP contribution is 2.12. The van der Waals surface area contributed by atoms with Crippen LogP contribution in [0.15, 0.2) is 5.38 Å². The van der Waals surface area contributed by atoms with Crippen LogP contribution >= 0.6 is 11.3 Å². The molecule has 0 aliphatic carbocycles. The number of hydrogen-bond donors (Lipinski definition) is 1. The largest absolute Gasteiger partial charge is 0.338 e. The summed E-state index contributed by atoms with van der Waals surface area (Å²) in [5.41, 5.74) is 0.983. The van der Waals surface area contributed by atoms with Gasteiger partial charge in [0.1, 0.15) is 0 Å². The first kappa shape index (κ1) is 11.5. The zero-order valence-electron chi connectivity index (χ0n) is 9.69. The molecule has 2 rings (SSSR count). The molecule has 1 fully saturated rings. The van der Waals surface area contributed by atoms with Gasteiger partial charge in [-0.3, -0.25) is 4.79 Å². The minimum absolute atomic E-state index is 0.0183. The van der Waals surface area contributed by atoms with Crippen molar-refractivity contribution in [2.24, 2.45) is 0 Å². The first-order chi connectivity index (χ1) is 7.66. The summed E-state index contributed by atoms with van der Waals surface area (Å²) in [6.07, 6.45) is 2.05. The van der Waals surface area contributed by atoms with Gasteiger partial charge < -0.3 is 10.2 Å². The van der Waals surface area contributed by atoms with E-state index in [4.69, 9.17) is 0 Å². The highest BCUT2D eigenvalue weighted by atomic mass is 32.1. The Morgan fingerprint density at radius 2 is 2.56 bits per heavy atom. The first-order valence-electron chi connectivity index (χ1n) is 5.56. The zero-order valence-corrected chi connectivity index (χ0v) is 10.5. The molecule has 88 valence electrons. The second-order valence-electron chi connectivity index (χ2n) is 4.20. The SMILES string of the molecule is Cc1nc(CN(C)C(=O)C2CCCN2)cs1. The molecule has 0 aromatic carbocycles. The number of nitrogens with one attached hydrogen (secondary N) is 1. The predicted octanol–water partition coefficient (Wildman–Crippen LogP) is 1.16. The number of hydrogen-bond acceptors (Lipinski definition) is 4. The van der Waals surface area contributed by atoms with E-state index in [0.29, 0.717) is 6.54 Å². The number of carbonyl (C=O) groups excluding carboxylic acids is 1. The molecule has 1 aromatic heterocycles. The minimum Gasteiger partial charge on any atom is -0.338 e. The summed E-state index contributed by atoms with van der Waals surface area (Å²) < 4.78 is 0. The molecule has 1 saturated heterocycles. The van der Waals surface area contributed by atoms with Crippen LogP contribution in [0.25, 0.3) is 0 Å². The number of nitrogens with zero attached hydrogens (tertiary/aromatic N) is 2. The fourth-order valence-corrected chi connectivity index (χ4v) is 2.57. The molecule has 5 heteroatoms. The third-order valence-corrected chi connectivity index (χ3v) is 3.62. The van der Waals surface area contributed by atoms with Gasteiger partial charge in [-0.1, -0.05) is 0 Å². The normalized spacial score (nSPS) is 20.0. The van der Waals surface area contributed by atoms with Gasteiger partial charge in [-0.2, -0.15) is 0 Å². The molecule has 2 heterocycles. The zero-order chi connectivity index (χ0) is 11.5. The third-order valence-electron chi connectivity index (χ3n) is 2.80. The van der Waals surface area contributed by atoms with Crippen LogP contribution in [-0.4, -0.2) is 35.4 Å². The molecule has 1 atom stereocenters. The van der Waals surface area contributed by atoms with Gasteiger partial charge in [-0.15, -0.1) is 11.3 Å². The van der Waals surface area contributed by atoms with Crippen LogP contribution in [0.5, 0.6) is 0 Å². The molecule has 1 unspecified atom stereocenters. The molecule has 0 radical (unpaired) electrons. The van der Waals surface area contributed by atoms with E-state index in [2.05, 4.69) is 10.3 Å². The summed E-state index contributed by atoms with van der Waals surface area (Å²) in [5.74, 6) is 0.183. The van der Waals surface area contributed by atoms with Gasteiger partial charge in [-0.05, 0) is 26.3 Å². The number of rotatable bonds is 3. The van der Waals surface area contributed by atoms with Crippen LogP contribution in [0.2, 0.25) is 0 Å². The maximum Gasteiger partial charge on any atom is 0.239 e. The first-order valence-corrected chi connectivity index (χ1v) is 6.44. The van der Waals surface area contributed by atoms with Crippen molar-refractivity contribution in [2.75, 3.05) is 13.6 Å². The number of aryl methyl sites for hydroxylation is 1. The Labute approximate surface area is 99.7 Å². The average molecular weight is 239 g/mol. The Morgan fingerprint density at radius 1 is 1.75 bits per heavy atom. The van der Waals surface area contributed by atoms with Crippen molar-refractivity contribution in [3.8, 4) is 0 Å². The number of carbonyl (C=O) groups is 1. The Kier molecular flexibility index (Phi) is 3.56. The van der Waals surface area contributed by atoms with E-state index >= 15 is 0 Å². The standard InChI is InChI=1S/C11H17N3OS/c1-8-13-9(7-16-8)6-14(2)11(15)10-4-3-5-12-10/h7,10,12H,3-6H2,1-2H3. The third kappa shape index (κ3) is 2.59. The smallest absolute Gasteiger partial charge is 0.239 e. The van der Waals surface area contributed by atoms with E-state index in [1.807, 2.05) is 19.4 Å².